The number of nitrogens with zero attached hydrogens (tertiary/aromatic N) is 4. The predicted octanol–water partition coefficient (Wildman–Crippen LogP) is 1.67. The summed E-state index contributed by atoms with van der Waals surface area (Å²) in [5.74, 6) is 1.83. The SMILES string of the molecule is CCN1CCN(c2ncnc3c2[C@H](C)CC3)CC1. The maximum Gasteiger partial charge on any atom is 0.135 e. The molecule has 0 spiro atoms. The van der Waals surface area contributed by atoms with Crippen molar-refractivity contribution in [2.24, 2.45) is 0 Å². The van der Waals surface area contributed by atoms with Gasteiger partial charge in [-0.2, -0.15) is 0 Å². The van der Waals surface area contributed by atoms with E-state index < -0.39 is 0 Å². The molecule has 1 aromatic heterocycles. The van der Waals surface area contributed by atoms with Crippen molar-refractivity contribution in [3.63, 3.8) is 0 Å². The predicted molar refractivity (Wildman–Crippen MR) is 73.1 cm³/mol. The largest absolute Gasteiger partial charge is 0.354 e. The van der Waals surface area contributed by atoms with E-state index in [0.29, 0.717) is 5.92 Å². The molecule has 1 saturated heterocycles. The lowest BCUT2D eigenvalue weighted by Crippen LogP contribution is -2.46. The Balaban J connectivity index is 1.83. The molecule has 0 bridgehead atoms. The molecule has 3 rings (SSSR count). The molecular formula is C14H22N4. The van der Waals surface area contributed by atoms with Crippen molar-refractivity contribution in [3.8, 4) is 0 Å². The van der Waals surface area contributed by atoms with Gasteiger partial charge in [0.05, 0.1) is 0 Å². The highest BCUT2D eigenvalue weighted by molar-refractivity contribution is 5.52. The fraction of sp³-hybridized carbons (Fsp3) is 0.714. The highest BCUT2D eigenvalue weighted by Crippen LogP contribution is 2.37. The summed E-state index contributed by atoms with van der Waals surface area (Å²) in [6.07, 6.45) is 4.11. The molecule has 0 N–H and O–H groups in total. The average Bonchev–Trinajstić information content (AvgIpc) is 2.81. The number of hydrogen-bond acceptors (Lipinski definition) is 4. The van der Waals surface area contributed by atoms with Gasteiger partial charge in [-0.1, -0.05) is 13.8 Å². The third-order valence-corrected chi connectivity index (χ3v) is 4.37. The number of aryl methyl sites for hydroxylation is 1. The Labute approximate surface area is 109 Å². The molecule has 1 fully saturated rings. The highest BCUT2D eigenvalue weighted by atomic mass is 15.3. The molecule has 98 valence electrons. The molecule has 2 aliphatic rings. The Morgan fingerprint density at radius 2 is 2.00 bits per heavy atom. The van der Waals surface area contributed by atoms with E-state index in [-0.39, 0.29) is 0 Å². The minimum Gasteiger partial charge on any atom is -0.354 e. The van der Waals surface area contributed by atoms with E-state index in [9.17, 15) is 0 Å². The summed E-state index contributed by atoms with van der Waals surface area (Å²) in [6, 6.07) is 0. The van der Waals surface area contributed by atoms with E-state index >= 15 is 0 Å². The van der Waals surface area contributed by atoms with Crippen molar-refractivity contribution in [3.05, 3.63) is 17.6 Å². The van der Waals surface area contributed by atoms with Crippen LogP contribution in [0.2, 0.25) is 0 Å². The molecule has 0 amide bonds. The number of likely N-dealkylation sites (N-methyl/N-ethyl adjacent to an activating group) is 1. The molecule has 0 radical (unpaired) electrons. The van der Waals surface area contributed by atoms with Crippen molar-refractivity contribution in [2.45, 2.75) is 32.6 Å². The van der Waals surface area contributed by atoms with Crippen molar-refractivity contribution in [1.82, 2.24) is 14.9 Å². The van der Waals surface area contributed by atoms with Crippen LogP contribution in [-0.4, -0.2) is 47.6 Å². The summed E-state index contributed by atoms with van der Waals surface area (Å²) in [7, 11) is 0. The molecule has 1 aliphatic carbocycles. The molecule has 0 aromatic carbocycles. The number of piperazine rings is 1. The smallest absolute Gasteiger partial charge is 0.135 e. The number of anilines is 1. The first kappa shape index (κ1) is 11.9. The molecule has 4 nitrogen and oxygen atoms in total. The van der Waals surface area contributed by atoms with Crippen LogP contribution in [0, 0.1) is 0 Å². The van der Waals surface area contributed by atoms with E-state index in [1.54, 1.807) is 6.33 Å². The van der Waals surface area contributed by atoms with Crippen LogP contribution in [-0.2, 0) is 6.42 Å². The summed E-state index contributed by atoms with van der Waals surface area (Å²) < 4.78 is 0. The first-order valence-corrected chi connectivity index (χ1v) is 7.10. The van der Waals surface area contributed by atoms with Crippen LogP contribution >= 0.6 is 0 Å². The first-order chi connectivity index (χ1) is 8.79. The number of fused-ring (bicyclic) bond motifs is 1. The van der Waals surface area contributed by atoms with Crippen LogP contribution in [0.1, 0.15) is 37.4 Å². The van der Waals surface area contributed by atoms with Gasteiger partial charge in [0.15, 0.2) is 0 Å². The van der Waals surface area contributed by atoms with Crippen LogP contribution in [0.3, 0.4) is 0 Å². The van der Waals surface area contributed by atoms with Crippen LogP contribution in [0.25, 0.3) is 0 Å². The molecule has 1 atom stereocenters. The molecule has 1 aliphatic heterocycles. The number of rotatable bonds is 2. The third-order valence-electron chi connectivity index (χ3n) is 4.37. The van der Waals surface area contributed by atoms with Crippen LogP contribution < -0.4 is 4.90 Å². The second-order valence-corrected chi connectivity index (χ2v) is 5.42. The maximum absolute atomic E-state index is 4.57. The van der Waals surface area contributed by atoms with Gasteiger partial charge in [-0.3, -0.25) is 0 Å². The molecular weight excluding hydrogens is 224 g/mol. The van der Waals surface area contributed by atoms with Crippen LogP contribution in [0.15, 0.2) is 6.33 Å². The molecule has 0 saturated carbocycles. The Hall–Kier alpha value is -1.16. The molecule has 2 heterocycles. The summed E-state index contributed by atoms with van der Waals surface area (Å²) in [4.78, 5) is 14.0. The summed E-state index contributed by atoms with van der Waals surface area (Å²) in [6.45, 7) is 10.2. The van der Waals surface area contributed by atoms with Gasteiger partial charge in [0.2, 0.25) is 0 Å². The van der Waals surface area contributed by atoms with E-state index in [4.69, 9.17) is 0 Å². The average molecular weight is 246 g/mol. The van der Waals surface area contributed by atoms with Gasteiger partial charge in [-0.05, 0) is 25.3 Å². The maximum atomic E-state index is 4.57. The Morgan fingerprint density at radius 3 is 2.72 bits per heavy atom. The van der Waals surface area contributed by atoms with Gasteiger partial charge in [0.1, 0.15) is 12.1 Å². The Kier molecular flexibility index (Phi) is 3.20. The first-order valence-electron chi connectivity index (χ1n) is 7.10. The molecule has 18 heavy (non-hydrogen) atoms. The second-order valence-electron chi connectivity index (χ2n) is 5.42. The fourth-order valence-electron chi connectivity index (χ4n) is 3.15. The normalized spacial score (nSPS) is 24.3. The van der Waals surface area contributed by atoms with Crippen molar-refractivity contribution >= 4 is 5.82 Å². The van der Waals surface area contributed by atoms with Crippen molar-refractivity contribution in [1.29, 1.82) is 0 Å². The second kappa shape index (κ2) is 4.84. The fourth-order valence-corrected chi connectivity index (χ4v) is 3.15. The van der Waals surface area contributed by atoms with E-state index in [1.807, 2.05) is 0 Å². The third kappa shape index (κ3) is 1.99. The van der Waals surface area contributed by atoms with E-state index in [2.05, 4.69) is 33.6 Å². The Morgan fingerprint density at radius 1 is 1.22 bits per heavy atom. The lowest BCUT2D eigenvalue weighted by molar-refractivity contribution is 0.270. The van der Waals surface area contributed by atoms with Crippen LogP contribution in [0.4, 0.5) is 5.82 Å². The topological polar surface area (TPSA) is 32.3 Å². The summed E-state index contributed by atoms with van der Waals surface area (Å²) in [5, 5.41) is 0. The van der Waals surface area contributed by atoms with Gasteiger partial charge < -0.3 is 9.80 Å². The zero-order valence-corrected chi connectivity index (χ0v) is 11.4. The molecule has 0 unspecified atom stereocenters. The zero-order valence-electron chi connectivity index (χ0n) is 11.4. The van der Waals surface area contributed by atoms with Gasteiger partial charge in [-0.15, -0.1) is 0 Å². The quantitative estimate of drug-likeness (QED) is 0.794. The van der Waals surface area contributed by atoms with E-state index in [0.717, 1.165) is 39.1 Å². The lowest BCUT2D eigenvalue weighted by atomic mass is 10.1. The van der Waals surface area contributed by atoms with Gasteiger partial charge >= 0.3 is 0 Å². The van der Waals surface area contributed by atoms with Crippen molar-refractivity contribution in [2.75, 3.05) is 37.6 Å². The summed E-state index contributed by atoms with van der Waals surface area (Å²) in [5.41, 5.74) is 2.70. The van der Waals surface area contributed by atoms with Gasteiger partial charge in [0.25, 0.3) is 0 Å². The van der Waals surface area contributed by atoms with Crippen LogP contribution in [0.5, 0.6) is 0 Å². The lowest BCUT2D eigenvalue weighted by Gasteiger charge is -2.35. The monoisotopic (exact) mass is 246 g/mol. The van der Waals surface area contributed by atoms with Crippen molar-refractivity contribution < 1.29 is 0 Å². The van der Waals surface area contributed by atoms with Gasteiger partial charge in [0, 0.05) is 37.4 Å². The highest BCUT2D eigenvalue weighted by Gasteiger charge is 2.27. The molecule has 1 aromatic rings. The van der Waals surface area contributed by atoms with Gasteiger partial charge in [-0.25, -0.2) is 9.97 Å². The number of hydrogen-bond donors (Lipinski definition) is 0. The minimum absolute atomic E-state index is 0.625. The Bertz CT molecular complexity index is 424. The standard InChI is InChI=1S/C14H22N4/c1-3-17-6-8-18(9-7-17)14-13-11(2)4-5-12(13)15-10-16-14/h10-11H,3-9H2,1-2H3/t11-/m1/s1. The summed E-state index contributed by atoms with van der Waals surface area (Å²) >= 11 is 0. The number of aromatic nitrogens is 2. The molecule has 4 heteroatoms. The van der Waals surface area contributed by atoms with E-state index in [1.165, 1.54) is 23.5 Å². The zero-order chi connectivity index (χ0) is 12.5. The minimum atomic E-state index is 0.625.